The molecular weight excluding hydrogens is 390 g/mol. The van der Waals surface area contributed by atoms with Gasteiger partial charge in [0.1, 0.15) is 0 Å². The number of hydrogen-bond acceptors (Lipinski definition) is 3. The lowest BCUT2D eigenvalue weighted by Gasteiger charge is -2.11. The van der Waals surface area contributed by atoms with Gasteiger partial charge in [-0.05, 0) is 44.0 Å². The van der Waals surface area contributed by atoms with E-state index in [4.69, 9.17) is 4.98 Å². The first-order chi connectivity index (χ1) is 14.9. The van der Waals surface area contributed by atoms with Gasteiger partial charge in [0.2, 0.25) is 5.78 Å². The van der Waals surface area contributed by atoms with E-state index in [2.05, 4.69) is 32.0 Å². The van der Waals surface area contributed by atoms with Gasteiger partial charge in [0.15, 0.2) is 11.2 Å². The minimum Gasteiger partial charge on any atom is -0.279 e. The second-order valence-corrected chi connectivity index (χ2v) is 7.83. The molecule has 2 aromatic carbocycles. The van der Waals surface area contributed by atoms with Gasteiger partial charge >= 0.3 is 5.69 Å². The molecule has 3 aromatic heterocycles. The van der Waals surface area contributed by atoms with Crippen LogP contribution in [0.15, 0.2) is 64.3 Å². The Kier molecular flexibility index (Phi) is 4.22. The topological polar surface area (TPSA) is 66.2 Å². The highest BCUT2D eigenvalue weighted by Gasteiger charge is 2.22. The molecule has 0 aliphatic rings. The Morgan fingerprint density at radius 2 is 1.71 bits per heavy atom. The molecule has 0 N–H and O–H groups in total. The number of nitrogens with zero attached hydrogens (tertiary/aromatic N) is 5. The maximum Gasteiger partial charge on any atom is 0.332 e. The van der Waals surface area contributed by atoms with Gasteiger partial charge in [0.25, 0.3) is 5.56 Å². The molecular formula is C24H23N5O2. The van der Waals surface area contributed by atoms with Gasteiger partial charge in [-0.2, -0.15) is 4.98 Å². The lowest BCUT2D eigenvalue weighted by molar-refractivity contribution is 0.637. The maximum absolute atomic E-state index is 13.2. The molecule has 0 unspecified atom stereocenters. The lowest BCUT2D eigenvalue weighted by Crippen LogP contribution is -2.38. The molecule has 0 aliphatic heterocycles. The second kappa shape index (κ2) is 6.84. The number of rotatable bonds is 3. The van der Waals surface area contributed by atoms with E-state index in [-0.39, 0.29) is 11.2 Å². The summed E-state index contributed by atoms with van der Waals surface area (Å²) in [6.45, 7) is 6.25. The van der Waals surface area contributed by atoms with Crippen LogP contribution < -0.4 is 11.2 Å². The van der Waals surface area contributed by atoms with Crippen molar-refractivity contribution in [3.05, 3.63) is 86.7 Å². The third-order valence-corrected chi connectivity index (χ3v) is 5.98. The number of hydrogen-bond donors (Lipinski definition) is 0. The molecule has 3 heterocycles. The summed E-state index contributed by atoms with van der Waals surface area (Å²) in [4.78, 5) is 30.6. The molecule has 7 nitrogen and oxygen atoms in total. The van der Waals surface area contributed by atoms with Gasteiger partial charge in [0.05, 0.1) is 5.69 Å². The normalized spacial score (nSPS) is 11.6. The highest BCUT2D eigenvalue weighted by atomic mass is 16.2. The van der Waals surface area contributed by atoms with Gasteiger partial charge < -0.3 is 0 Å². The van der Waals surface area contributed by atoms with Crippen molar-refractivity contribution in [2.24, 2.45) is 7.05 Å². The van der Waals surface area contributed by atoms with Crippen LogP contribution in [0.1, 0.15) is 18.1 Å². The predicted molar refractivity (Wildman–Crippen MR) is 122 cm³/mol. The summed E-state index contributed by atoms with van der Waals surface area (Å²) in [5, 5.41) is 0. The first kappa shape index (κ1) is 19.1. The van der Waals surface area contributed by atoms with Crippen molar-refractivity contribution < 1.29 is 0 Å². The summed E-state index contributed by atoms with van der Waals surface area (Å²) in [5.74, 6) is 0.595. The summed E-state index contributed by atoms with van der Waals surface area (Å²) in [5.41, 5.74) is 5.35. The largest absolute Gasteiger partial charge is 0.332 e. The lowest BCUT2D eigenvalue weighted by atomic mass is 10.1. The number of imidazole rings is 2. The Balaban J connectivity index is 1.97. The highest BCUT2D eigenvalue weighted by molar-refractivity contribution is 5.79. The molecule has 0 spiro atoms. The van der Waals surface area contributed by atoms with Crippen molar-refractivity contribution in [1.82, 2.24) is 23.1 Å². The van der Waals surface area contributed by atoms with E-state index >= 15 is 0 Å². The van der Waals surface area contributed by atoms with Crippen molar-refractivity contribution >= 4 is 16.9 Å². The van der Waals surface area contributed by atoms with Crippen molar-refractivity contribution in [2.45, 2.75) is 27.3 Å². The van der Waals surface area contributed by atoms with E-state index in [1.54, 1.807) is 18.4 Å². The van der Waals surface area contributed by atoms with Crippen LogP contribution in [0, 0.1) is 13.8 Å². The summed E-state index contributed by atoms with van der Waals surface area (Å²) < 4.78 is 6.54. The van der Waals surface area contributed by atoms with E-state index < -0.39 is 0 Å². The number of fused-ring (bicyclic) bond motifs is 3. The number of aryl methyl sites for hydroxylation is 3. The molecule has 0 bridgehead atoms. The summed E-state index contributed by atoms with van der Waals surface area (Å²) >= 11 is 0. The standard InChI is InChI=1S/C24H23N5O2/c1-5-27-22(30)20-21(26(4)24(27)31)25-23-28(20)14-19(17-9-7-6-8-10-17)29(23)18-12-11-15(2)16(3)13-18/h6-14H,5H2,1-4H3. The Bertz CT molecular complexity index is 1580. The highest BCUT2D eigenvalue weighted by Crippen LogP contribution is 2.29. The average molecular weight is 413 g/mol. The molecule has 5 rings (SSSR count). The molecule has 0 atom stereocenters. The van der Waals surface area contributed by atoms with Crippen molar-refractivity contribution in [3.8, 4) is 16.9 Å². The number of benzene rings is 2. The third-order valence-electron chi connectivity index (χ3n) is 5.98. The molecule has 5 aromatic rings. The Hall–Kier alpha value is -3.87. The SMILES string of the molecule is CCn1c(=O)c2c(nc3n(-c4ccc(C)c(C)c4)c(-c4ccccc4)cn23)n(C)c1=O. The van der Waals surface area contributed by atoms with Crippen LogP contribution in [0.2, 0.25) is 0 Å². The Morgan fingerprint density at radius 1 is 0.968 bits per heavy atom. The van der Waals surface area contributed by atoms with Gasteiger partial charge in [0, 0.05) is 31.0 Å². The zero-order valence-corrected chi connectivity index (χ0v) is 18.0. The van der Waals surface area contributed by atoms with Gasteiger partial charge in [-0.25, -0.2) is 4.79 Å². The molecule has 0 radical (unpaired) electrons. The molecule has 156 valence electrons. The quantitative estimate of drug-likeness (QED) is 0.455. The monoisotopic (exact) mass is 413 g/mol. The third kappa shape index (κ3) is 2.70. The summed E-state index contributed by atoms with van der Waals surface area (Å²) in [7, 11) is 1.65. The van der Waals surface area contributed by atoms with Crippen LogP contribution in [0.4, 0.5) is 0 Å². The second-order valence-electron chi connectivity index (χ2n) is 7.83. The Morgan fingerprint density at radius 3 is 2.39 bits per heavy atom. The van der Waals surface area contributed by atoms with Crippen molar-refractivity contribution in [3.63, 3.8) is 0 Å². The molecule has 0 amide bonds. The fourth-order valence-corrected chi connectivity index (χ4v) is 4.11. The fraction of sp³-hybridized carbons (Fsp3) is 0.208. The van der Waals surface area contributed by atoms with Crippen LogP contribution in [0.3, 0.4) is 0 Å². The Labute approximate surface area is 178 Å². The molecule has 31 heavy (non-hydrogen) atoms. The van der Waals surface area contributed by atoms with E-state index in [9.17, 15) is 9.59 Å². The van der Waals surface area contributed by atoms with Crippen LogP contribution >= 0.6 is 0 Å². The predicted octanol–water partition coefficient (Wildman–Crippen LogP) is 3.44. The van der Waals surface area contributed by atoms with E-state index in [1.165, 1.54) is 20.3 Å². The zero-order valence-electron chi connectivity index (χ0n) is 18.0. The number of aromatic nitrogens is 5. The van der Waals surface area contributed by atoms with Crippen molar-refractivity contribution in [2.75, 3.05) is 0 Å². The van der Waals surface area contributed by atoms with Crippen LogP contribution in [-0.2, 0) is 13.6 Å². The van der Waals surface area contributed by atoms with Crippen LogP contribution in [0.5, 0.6) is 0 Å². The maximum atomic E-state index is 13.2. The average Bonchev–Trinajstić information content (AvgIpc) is 3.32. The zero-order chi connectivity index (χ0) is 21.9. The van der Waals surface area contributed by atoms with Gasteiger partial charge in [-0.15, -0.1) is 0 Å². The first-order valence-corrected chi connectivity index (χ1v) is 10.3. The minimum absolute atomic E-state index is 0.304. The van der Waals surface area contributed by atoms with E-state index in [1.807, 2.05) is 41.1 Å². The molecule has 0 saturated heterocycles. The van der Waals surface area contributed by atoms with Crippen LogP contribution in [0.25, 0.3) is 33.9 Å². The molecule has 0 aliphatic carbocycles. The van der Waals surface area contributed by atoms with Gasteiger partial charge in [-0.3, -0.25) is 22.9 Å². The van der Waals surface area contributed by atoms with Crippen LogP contribution in [-0.4, -0.2) is 23.1 Å². The minimum atomic E-state index is -0.359. The molecule has 0 saturated carbocycles. The summed E-state index contributed by atoms with van der Waals surface area (Å²) in [6.07, 6.45) is 1.93. The van der Waals surface area contributed by atoms with E-state index in [0.717, 1.165) is 16.9 Å². The first-order valence-electron chi connectivity index (χ1n) is 10.3. The van der Waals surface area contributed by atoms with Crippen molar-refractivity contribution in [1.29, 1.82) is 0 Å². The molecule has 7 heteroatoms. The van der Waals surface area contributed by atoms with Gasteiger partial charge in [-0.1, -0.05) is 36.4 Å². The summed E-state index contributed by atoms with van der Waals surface area (Å²) in [6, 6.07) is 16.3. The smallest absolute Gasteiger partial charge is 0.279 e. The molecule has 0 fully saturated rings. The van der Waals surface area contributed by atoms with E-state index in [0.29, 0.717) is 23.5 Å². The fourth-order valence-electron chi connectivity index (χ4n) is 4.11.